The van der Waals surface area contributed by atoms with Crippen molar-refractivity contribution < 1.29 is 18.7 Å². The lowest BCUT2D eigenvalue weighted by Crippen LogP contribution is -2.19. The van der Waals surface area contributed by atoms with Crippen LogP contribution in [0.1, 0.15) is 26.7 Å². The minimum Gasteiger partial charge on any atom is -0.460 e. The fraction of sp³-hybridized carbons (Fsp3) is 0.185. The molecule has 0 aliphatic rings. The van der Waals surface area contributed by atoms with Crippen LogP contribution in [0.15, 0.2) is 88.3 Å². The lowest BCUT2D eigenvalue weighted by molar-refractivity contribution is -0.139. The van der Waals surface area contributed by atoms with Gasteiger partial charge in [-0.1, -0.05) is 56.3 Å². The fourth-order valence-corrected chi connectivity index (χ4v) is 3.52. The summed E-state index contributed by atoms with van der Waals surface area (Å²) in [4.78, 5) is 25.1. The largest absolute Gasteiger partial charge is 0.460 e. The van der Waals surface area contributed by atoms with Crippen molar-refractivity contribution in [3.05, 3.63) is 89.3 Å². The zero-order valence-corrected chi connectivity index (χ0v) is 18.0. The zero-order valence-electron chi connectivity index (χ0n) is 18.0. The molecule has 0 bridgehead atoms. The molecule has 3 aromatic carbocycles. The Balaban J connectivity index is 1.53. The number of esters is 1. The van der Waals surface area contributed by atoms with Gasteiger partial charge in [0.15, 0.2) is 0 Å². The third-order valence-electron chi connectivity index (χ3n) is 5.44. The maximum atomic E-state index is 12.9. The number of ether oxygens (including phenoxy) is 2. The maximum absolute atomic E-state index is 12.9. The molecular weight excluding hydrogens is 404 g/mol. The molecule has 4 aromatic rings. The van der Waals surface area contributed by atoms with E-state index in [9.17, 15) is 9.59 Å². The molecule has 0 saturated heterocycles. The zero-order chi connectivity index (χ0) is 22.5. The predicted octanol–water partition coefficient (Wildman–Crippen LogP) is 6.59. The van der Waals surface area contributed by atoms with E-state index in [2.05, 4.69) is 0 Å². The van der Waals surface area contributed by atoms with Crippen LogP contribution < -0.4 is 14.9 Å². The smallest absolute Gasteiger partial charge is 0.314 e. The highest BCUT2D eigenvalue weighted by atomic mass is 16.5. The summed E-state index contributed by atoms with van der Waals surface area (Å²) >= 11 is 0. The second kappa shape index (κ2) is 9.52. The molecule has 0 fully saturated rings. The van der Waals surface area contributed by atoms with E-state index in [0.717, 1.165) is 11.1 Å². The van der Waals surface area contributed by atoms with Crippen molar-refractivity contribution in [3.63, 3.8) is 0 Å². The van der Waals surface area contributed by atoms with Gasteiger partial charge in [-0.3, -0.25) is 9.59 Å². The first-order chi connectivity index (χ1) is 15.6. The van der Waals surface area contributed by atoms with Crippen LogP contribution in [0.3, 0.4) is 0 Å². The molecule has 5 heteroatoms. The number of benzene rings is 3. The van der Waals surface area contributed by atoms with Crippen LogP contribution in [-0.4, -0.2) is 5.97 Å². The summed E-state index contributed by atoms with van der Waals surface area (Å²) in [5, 5.41) is 0.353. The standard InChI is InChI=1S/C27H24O5/c1-3-18(4-2)27(29)32-22-14-15-23-24(16-22)30-17-25(26(23)28)31-21-12-10-20(11-13-21)19-8-6-5-7-9-19/h5-18H,3-4H2,1-2H3. The van der Waals surface area contributed by atoms with Crippen LogP contribution in [0, 0.1) is 5.92 Å². The minimum absolute atomic E-state index is 0.0896. The van der Waals surface area contributed by atoms with Gasteiger partial charge < -0.3 is 13.9 Å². The topological polar surface area (TPSA) is 65.7 Å². The van der Waals surface area contributed by atoms with Crippen LogP contribution in [0.2, 0.25) is 0 Å². The number of carbonyl (C=O) groups is 1. The summed E-state index contributed by atoms with van der Waals surface area (Å²) in [5.74, 6) is 0.541. The maximum Gasteiger partial charge on any atom is 0.314 e. The monoisotopic (exact) mass is 428 g/mol. The average molecular weight is 428 g/mol. The van der Waals surface area contributed by atoms with Gasteiger partial charge in [0, 0.05) is 6.07 Å². The Morgan fingerprint density at radius 3 is 2.22 bits per heavy atom. The number of rotatable bonds is 7. The Kier molecular flexibility index (Phi) is 6.36. The first-order valence-corrected chi connectivity index (χ1v) is 10.7. The number of hydrogen-bond acceptors (Lipinski definition) is 5. The van der Waals surface area contributed by atoms with Crippen LogP contribution in [0.5, 0.6) is 17.2 Å². The Hall–Kier alpha value is -3.86. The van der Waals surface area contributed by atoms with Crippen molar-refractivity contribution >= 4 is 16.9 Å². The van der Waals surface area contributed by atoms with Gasteiger partial charge in [-0.15, -0.1) is 0 Å². The van der Waals surface area contributed by atoms with Gasteiger partial charge in [0.25, 0.3) is 0 Å². The molecule has 0 N–H and O–H groups in total. The van der Waals surface area contributed by atoms with Crippen molar-refractivity contribution in [2.45, 2.75) is 26.7 Å². The molecule has 0 aliphatic carbocycles. The molecule has 32 heavy (non-hydrogen) atoms. The van der Waals surface area contributed by atoms with Gasteiger partial charge in [-0.2, -0.15) is 0 Å². The molecule has 4 rings (SSSR count). The number of fused-ring (bicyclic) bond motifs is 1. The Morgan fingerprint density at radius 1 is 0.875 bits per heavy atom. The molecule has 1 aromatic heterocycles. The molecule has 162 valence electrons. The van der Waals surface area contributed by atoms with Crippen molar-refractivity contribution in [1.29, 1.82) is 0 Å². The van der Waals surface area contributed by atoms with Gasteiger partial charge >= 0.3 is 5.97 Å². The molecule has 0 aliphatic heterocycles. The summed E-state index contributed by atoms with van der Waals surface area (Å²) in [6.45, 7) is 3.90. The molecule has 0 amide bonds. The van der Waals surface area contributed by atoms with Crippen LogP contribution in [0.25, 0.3) is 22.1 Å². The molecule has 5 nitrogen and oxygen atoms in total. The van der Waals surface area contributed by atoms with Crippen LogP contribution in [-0.2, 0) is 4.79 Å². The molecule has 0 unspecified atom stereocenters. The highest BCUT2D eigenvalue weighted by Crippen LogP contribution is 2.27. The number of hydrogen-bond donors (Lipinski definition) is 0. The van der Waals surface area contributed by atoms with E-state index in [-0.39, 0.29) is 23.1 Å². The lowest BCUT2D eigenvalue weighted by atomic mass is 10.0. The lowest BCUT2D eigenvalue weighted by Gasteiger charge is -2.12. The molecular formula is C27H24O5. The Morgan fingerprint density at radius 2 is 1.53 bits per heavy atom. The Bertz CT molecular complexity index is 1270. The average Bonchev–Trinajstić information content (AvgIpc) is 2.83. The number of carbonyl (C=O) groups excluding carboxylic acids is 1. The van der Waals surface area contributed by atoms with Crippen molar-refractivity contribution in [2.75, 3.05) is 0 Å². The van der Waals surface area contributed by atoms with Gasteiger partial charge in [0.05, 0.1) is 11.3 Å². The fourth-order valence-electron chi connectivity index (χ4n) is 3.52. The van der Waals surface area contributed by atoms with Crippen molar-refractivity contribution in [2.24, 2.45) is 5.92 Å². The summed E-state index contributed by atoms with van der Waals surface area (Å²) in [6.07, 6.45) is 2.71. The molecule has 0 radical (unpaired) electrons. The summed E-state index contributed by atoms with van der Waals surface area (Å²) < 4.78 is 16.8. The van der Waals surface area contributed by atoms with Crippen molar-refractivity contribution in [3.8, 4) is 28.4 Å². The highest BCUT2D eigenvalue weighted by Gasteiger charge is 2.17. The van der Waals surface area contributed by atoms with E-state index in [4.69, 9.17) is 13.9 Å². The minimum atomic E-state index is -0.295. The van der Waals surface area contributed by atoms with Crippen LogP contribution in [0.4, 0.5) is 0 Å². The van der Waals surface area contributed by atoms with E-state index in [1.165, 1.54) is 6.26 Å². The predicted molar refractivity (Wildman–Crippen MR) is 124 cm³/mol. The second-order valence-corrected chi connectivity index (χ2v) is 7.51. The van der Waals surface area contributed by atoms with Gasteiger partial charge in [0.2, 0.25) is 11.2 Å². The molecule has 0 spiro atoms. The normalized spacial score (nSPS) is 11.0. The van der Waals surface area contributed by atoms with E-state index >= 15 is 0 Å². The van der Waals surface area contributed by atoms with Crippen molar-refractivity contribution in [1.82, 2.24) is 0 Å². The molecule has 0 saturated carbocycles. The van der Waals surface area contributed by atoms with Gasteiger partial charge in [-0.25, -0.2) is 0 Å². The first kappa shape index (κ1) is 21.4. The first-order valence-electron chi connectivity index (χ1n) is 10.7. The summed E-state index contributed by atoms with van der Waals surface area (Å²) in [5.41, 5.74) is 2.19. The quantitative estimate of drug-likeness (QED) is 0.245. The van der Waals surface area contributed by atoms with E-state index < -0.39 is 0 Å². The summed E-state index contributed by atoms with van der Waals surface area (Å²) in [6, 6.07) is 22.2. The van der Waals surface area contributed by atoms with Gasteiger partial charge in [-0.05, 0) is 48.2 Å². The second-order valence-electron chi connectivity index (χ2n) is 7.51. The van der Waals surface area contributed by atoms with E-state index in [1.807, 2.05) is 68.4 Å². The Labute approximate surface area is 186 Å². The third kappa shape index (κ3) is 4.57. The summed E-state index contributed by atoms with van der Waals surface area (Å²) in [7, 11) is 0. The van der Waals surface area contributed by atoms with Crippen LogP contribution >= 0.6 is 0 Å². The molecule has 1 heterocycles. The van der Waals surface area contributed by atoms with E-state index in [0.29, 0.717) is 35.3 Å². The van der Waals surface area contributed by atoms with Gasteiger partial charge in [0.1, 0.15) is 23.3 Å². The molecule has 0 atom stereocenters. The van der Waals surface area contributed by atoms with E-state index in [1.54, 1.807) is 18.2 Å². The third-order valence-corrected chi connectivity index (χ3v) is 5.44. The highest BCUT2D eigenvalue weighted by molar-refractivity contribution is 5.81. The SMILES string of the molecule is CCC(CC)C(=O)Oc1ccc2c(=O)c(Oc3ccc(-c4ccccc4)cc3)coc2c1.